The van der Waals surface area contributed by atoms with Crippen LogP contribution in [-0.2, 0) is 0 Å². The standard InChI is InChI=1S/C13H20.C9H9N3O/c1-3-5-9-12(4-2)13-10-7-6-8-11-13;1-5(13)6-2-3-8-7(4-6)9(10)12-11-8/h6-8,10-12H,3-5,9H2,1-2H3;2-4H,1H3,(H3,10,11,12). The van der Waals surface area contributed by atoms with Gasteiger partial charge in [-0.15, -0.1) is 0 Å². The van der Waals surface area contributed by atoms with Gasteiger partial charge in [-0.25, -0.2) is 0 Å². The maximum absolute atomic E-state index is 11.1. The first kappa shape index (κ1) is 19.7. The molecule has 3 N–H and O–H groups in total. The Labute approximate surface area is 155 Å². The molecule has 0 radical (unpaired) electrons. The van der Waals surface area contributed by atoms with E-state index in [0.29, 0.717) is 11.4 Å². The summed E-state index contributed by atoms with van der Waals surface area (Å²) in [5.41, 5.74) is 8.61. The second-order valence-corrected chi connectivity index (χ2v) is 6.58. The van der Waals surface area contributed by atoms with E-state index >= 15 is 0 Å². The van der Waals surface area contributed by atoms with Crippen molar-refractivity contribution in [3.8, 4) is 0 Å². The highest BCUT2D eigenvalue weighted by Crippen LogP contribution is 2.24. The molecule has 0 aliphatic heterocycles. The molecule has 0 fully saturated rings. The number of anilines is 1. The number of benzene rings is 2. The van der Waals surface area contributed by atoms with Gasteiger partial charge in [0.15, 0.2) is 11.6 Å². The van der Waals surface area contributed by atoms with E-state index in [4.69, 9.17) is 5.73 Å². The zero-order chi connectivity index (χ0) is 18.9. The van der Waals surface area contributed by atoms with E-state index in [2.05, 4.69) is 54.4 Å². The topological polar surface area (TPSA) is 71.8 Å². The molecule has 3 aromatic rings. The van der Waals surface area contributed by atoms with Gasteiger partial charge in [-0.3, -0.25) is 9.89 Å². The van der Waals surface area contributed by atoms with Crippen LogP contribution in [0.15, 0.2) is 48.5 Å². The molecule has 2 aromatic carbocycles. The fourth-order valence-corrected chi connectivity index (χ4v) is 3.04. The molecule has 1 heterocycles. The lowest BCUT2D eigenvalue weighted by Gasteiger charge is -2.14. The minimum absolute atomic E-state index is 0.0301. The number of ketones is 1. The highest BCUT2D eigenvalue weighted by molar-refractivity contribution is 6.00. The van der Waals surface area contributed by atoms with Crippen molar-refractivity contribution in [3.05, 3.63) is 59.7 Å². The number of carbonyl (C=O) groups excluding carboxylic acids is 1. The number of aromatic nitrogens is 2. The Morgan fingerprint density at radius 1 is 1.15 bits per heavy atom. The first-order valence-electron chi connectivity index (χ1n) is 9.36. The van der Waals surface area contributed by atoms with E-state index in [1.54, 1.807) is 18.2 Å². The van der Waals surface area contributed by atoms with E-state index in [1.807, 2.05) is 0 Å². The molecule has 1 atom stereocenters. The van der Waals surface area contributed by atoms with Crippen molar-refractivity contribution in [2.75, 3.05) is 5.73 Å². The maximum atomic E-state index is 11.1. The number of fused-ring (bicyclic) bond motifs is 1. The largest absolute Gasteiger partial charge is 0.382 e. The zero-order valence-electron chi connectivity index (χ0n) is 16.0. The van der Waals surface area contributed by atoms with Crippen LogP contribution in [0.1, 0.15) is 68.3 Å². The third-order valence-corrected chi connectivity index (χ3v) is 4.67. The van der Waals surface area contributed by atoms with E-state index < -0.39 is 0 Å². The highest BCUT2D eigenvalue weighted by atomic mass is 16.1. The van der Waals surface area contributed by atoms with Crippen LogP contribution >= 0.6 is 0 Å². The molecule has 0 amide bonds. The van der Waals surface area contributed by atoms with Crippen LogP contribution in [0, 0.1) is 0 Å². The summed E-state index contributed by atoms with van der Waals surface area (Å²) in [5.74, 6) is 1.24. The number of Topliss-reactive ketones (excluding diaryl/α,β-unsaturated/α-hetero) is 1. The van der Waals surface area contributed by atoms with Gasteiger partial charge in [0.1, 0.15) is 0 Å². The summed E-state index contributed by atoms with van der Waals surface area (Å²) in [6.07, 6.45) is 5.28. The fraction of sp³-hybridized carbons (Fsp3) is 0.364. The van der Waals surface area contributed by atoms with Gasteiger partial charge in [0.05, 0.1) is 5.52 Å². The second-order valence-electron chi connectivity index (χ2n) is 6.58. The van der Waals surface area contributed by atoms with E-state index in [-0.39, 0.29) is 5.78 Å². The van der Waals surface area contributed by atoms with E-state index in [1.165, 1.54) is 38.2 Å². The molecule has 1 aromatic heterocycles. The Morgan fingerprint density at radius 3 is 2.50 bits per heavy atom. The Bertz CT molecular complexity index is 824. The fourth-order valence-electron chi connectivity index (χ4n) is 3.04. The van der Waals surface area contributed by atoms with Crippen molar-refractivity contribution < 1.29 is 4.79 Å². The summed E-state index contributed by atoms with van der Waals surface area (Å²) >= 11 is 0. The molecule has 0 aliphatic rings. The molecule has 0 spiro atoms. The van der Waals surface area contributed by atoms with Crippen molar-refractivity contribution in [2.45, 2.75) is 52.4 Å². The third-order valence-electron chi connectivity index (χ3n) is 4.67. The Morgan fingerprint density at radius 2 is 1.88 bits per heavy atom. The average molecular weight is 351 g/mol. The minimum atomic E-state index is 0.0301. The average Bonchev–Trinajstić information content (AvgIpc) is 3.04. The lowest BCUT2D eigenvalue weighted by atomic mass is 9.91. The monoisotopic (exact) mass is 351 g/mol. The SMILES string of the molecule is CC(=O)c1ccc2[nH]nc(N)c2c1.CCCCC(CC)c1ccccc1. The van der Waals surface area contributed by atoms with Gasteiger partial charge in [-0.05, 0) is 49.4 Å². The molecular formula is C22H29N3O. The van der Waals surface area contributed by atoms with Crippen LogP contribution in [-0.4, -0.2) is 16.0 Å². The van der Waals surface area contributed by atoms with Crippen molar-refractivity contribution in [1.82, 2.24) is 10.2 Å². The van der Waals surface area contributed by atoms with E-state index in [9.17, 15) is 4.79 Å². The highest BCUT2D eigenvalue weighted by Gasteiger charge is 2.07. The normalized spacial score (nSPS) is 11.7. The number of nitrogens with one attached hydrogen (secondary N) is 1. The van der Waals surface area contributed by atoms with Crippen molar-refractivity contribution in [3.63, 3.8) is 0 Å². The second kappa shape index (κ2) is 9.76. The molecule has 1 unspecified atom stereocenters. The number of hydrogen-bond acceptors (Lipinski definition) is 3. The Balaban J connectivity index is 0.000000187. The maximum Gasteiger partial charge on any atom is 0.159 e. The molecule has 0 bridgehead atoms. The number of hydrogen-bond donors (Lipinski definition) is 2. The number of rotatable bonds is 6. The van der Waals surface area contributed by atoms with Gasteiger partial charge < -0.3 is 5.73 Å². The molecule has 4 nitrogen and oxygen atoms in total. The van der Waals surface area contributed by atoms with Crippen LogP contribution in [0.25, 0.3) is 10.9 Å². The van der Waals surface area contributed by atoms with Gasteiger partial charge in [0.2, 0.25) is 0 Å². The predicted molar refractivity (Wildman–Crippen MR) is 110 cm³/mol. The van der Waals surface area contributed by atoms with Gasteiger partial charge in [-0.1, -0.05) is 57.0 Å². The number of nitrogen functional groups attached to an aromatic ring is 1. The molecular weight excluding hydrogens is 322 g/mol. The molecule has 0 aliphatic carbocycles. The molecule has 0 saturated carbocycles. The van der Waals surface area contributed by atoms with Crippen LogP contribution in [0.3, 0.4) is 0 Å². The molecule has 3 rings (SSSR count). The van der Waals surface area contributed by atoms with Crippen molar-refractivity contribution in [1.29, 1.82) is 0 Å². The van der Waals surface area contributed by atoms with Crippen LogP contribution < -0.4 is 5.73 Å². The molecule has 26 heavy (non-hydrogen) atoms. The van der Waals surface area contributed by atoms with Crippen LogP contribution in [0.5, 0.6) is 0 Å². The Hall–Kier alpha value is -2.62. The smallest absolute Gasteiger partial charge is 0.159 e. The summed E-state index contributed by atoms with van der Waals surface area (Å²) < 4.78 is 0. The summed E-state index contributed by atoms with van der Waals surface area (Å²) in [4.78, 5) is 11.1. The van der Waals surface area contributed by atoms with Crippen molar-refractivity contribution in [2.24, 2.45) is 0 Å². The molecule has 4 heteroatoms. The lowest BCUT2D eigenvalue weighted by Crippen LogP contribution is -1.96. The number of H-pyrrole nitrogens is 1. The van der Waals surface area contributed by atoms with Crippen LogP contribution in [0.4, 0.5) is 5.82 Å². The summed E-state index contributed by atoms with van der Waals surface area (Å²) in [6.45, 7) is 6.07. The quantitative estimate of drug-likeness (QED) is 0.558. The zero-order valence-corrected chi connectivity index (χ0v) is 16.0. The summed E-state index contributed by atoms with van der Waals surface area (Å²) in [6, 6.07) is 16.2. The van der Waals surface area contributed by atoms with Crippen LogP contribution in [0.2, 0.25) is 0 Å². The number of unbranched alkanes of at least 4 members (excludes halogenated alkanes) is 1. The minimum Gasteiger partial charge on any atom is -0.382 e. The first-order chi connectivity index (χ1) is 12.6. The van der Waals surface area contributed by atoms with Crippen molar-refractivity contribution >= 4 is 22.5 Å². The summed E-state index contributed by atoms with van der Waals surface area (Å²) in [5, 5.41) is 7.40. The number of carbonyl (C=O) groups is 1. The number of nitrogens with zero attached hydrogens (tertiary/aromatic N) is 1. The first-order valence-corrected chi connectivity index (χ1v) is 9.36. The summed E-state index contributed by atoms with van der Waals surface area (Å²) in [7, 11) is 0. The van der Waals surface area contributed by atoms with Gasteiger partial charge in [-0.2, -0.15) is 5.10 Å². The van der Waals surface area contributed by atoms with E-state index in [0.717, 1.165) is 16.8 Å². The number of nitrogens with two attached hydrogens (primary N) is 1. The third kappa shape index (κ3) is 5.19. The molecule has 0 saturated heterocycles. The number of aromatic amines is 1. The lowest BCUT2D eigenvalue weighted by molar-refractivity contribution is 0.101. The Kier molecular flexibility index (Phi) is 7.39. The van der Waals surface area contributed by atoms with Gasteiger partial charge >= 0.3 is 0 Å². The predicted octanol–water partition coefficient (Wildman–Crippen LogP) is 5.72. The molecule has 138 valence electrons. The van der Waals surface area contributed by atoms with Gasteiger partial charge in [0, 0.05) is 10.9 Å². The van der Waals surface area contributed by atoms with Gasteiger partial charge in [0.25, 0.3) is 0 Å².